The molecule has 0 bridgehead atoms. The minimum Gasteiger partial charge on any atom is -0.497 e. The predicted octanol–water partition coefficient (Wildman–Crippen LogP) is 4.57. The lowest BCUT2D eigenvalue weighted by molar-refractivity contribution is -0.0168. The van der Waals surface area contributed by atoms with Gasteiger partial charge in [0, 0.05) is 28.0 Å². The Hall–Kier alpha value is -2.42. The van der Waals surface area contributed by atoms with Gasteiger partial charge in [0.05, 0.1) is 26.4 Å². The molecule has 146 valence electrons. The Morgan fingerprint density at radius 1 is 1.14 bits per heavy atom. The van der Waals surface area contributed by atoms with Gasteiger partial charge in [0.1, 0.15) is 17.2 Å². The van der Waals surface area contributed by atoms with Crippen LogP contribution in [0.5, 0.6) is 17.2 Å². The highest BCUT2D eigenvalue weighted by Crippen LogP contribution is 2.37. The van der Waals surface area contributed by atoms with Crippen LogP contribution in [0.2, 0.25) is 5.02 Å². The number of thioether (sulfide) groups is 1. The van der Waals surface area contributed by atoms with Crippen molar-refractivity contribution in [2.75, 3.05) is 21.0 Å². The molecule has 1 aliphatic heterocycles. The number of fused-ring (bicyclic) bond motifs is 1. The fourth-order valence-corrected chi connectivity index (χ4v) is 3.85. The Bertz CT molecular complexity index is 994. The molecule has 0 amide bonds. The lowest BCUT2D eigenvalue weighted by Crippen LogP contribution is -2.12. The first-order chi connectivity index (χ1) is 13.7. The zero-order valence-electron chi connectivity index (χ0n) is 15.2. The Kier molecular flexibility index (Phi) is 5.61. The second-order valence-corrected chi connectivity index (χ2v) is 7.25. The van der Waals surface area contributed by atoms with E-state index in [-0.39, 0.29) is 6.79 Å². The third kappa shape index (κ3) is 3.89. The number of aromatic nitrogens is 2. The van der Waals surface area contributed by atoms with Crippen molar-refractivity contribution < 1.29 is 23.4 Å². The topological polar surface area (TPSA) is 75.8 Å². The number of ether oxygens (including phenoxy) is 4. The molecule has 0 atom stereocenters. The van der Waals surface area contributed by atoms with Crippen LogP contribution in [0.25, 0.3) is 11.5 Å². The number of hydrogen-bond donors (Lipinski definition) is 0. The molecule has 1 aromatic heterocycles. The maximum Gasteiger partial charge on any atom is 0.277 e. The summed E-state index contributed by atoms with van der Waals surface area (Å²) in [5, 5.41) is 9.33. The average Bonchev–Trinajstić information content (AvgIpc) is 3.20. The summed E-state index contributed by atoms with van der Waals surface area (Å²) in [5.41, 5.74) is 2.59. The minimum absolute atomic E-state index is 0.230. The van der Waals surface area contributed by atoms with Crippen LogP contribution >= 0.6 is 23.4 Å². The van der Waals surface area contributed by atoms with Crippen LogP contribution < -0.4 is 14.2 Å². The van der Waals surface area contributed by atoms with Crippen molar-refractivity contribution in [3.05, 3.63) is 46.5 Å². The van der Waals surface area contributed by atoms with E-state index in [0.29, 0.717) is 45.6 Å². The smallest absolute Gasteiger partial charge is 0.277 e. The average molecular weight is 421 g/mol. The van der Waals surface area contributed by atoms with Crippen molar-refractivity contribution in [3.63, 3.8) is 0 Å². The predicted molar refractivity (Wildman–Crippen MR) is 104 cm³/mol. The van der Waals surface area contributed by atoms with Gasteiger partial charge in [0.15, 0.2) is 6.79 Å². The number of rotatable bonds is 6. The number of hydrogen-bond acceptors (Lipinski definition) is 8. The normalized spacial score (nSPS) is 13.0. The van der Waals surface area contributed by atoms with Crippen molar-refractivity contribution in [1.29, 1.82) is 0 Å². The molecule has 28 heavy (non-hydrogen) atoms. The fourth-order valence-electron chi connectivity index (χ4n) is 2.86. The summed E-state index contributed by atoms with van der Waals surface area (Å²) in [6.07, 6.45) is 0. The molecule has 2 heterocycles. The van der Waals surface area contributed by atoms with Crippen LogP contribution in [0.15, 0.2) is 40.0 Å². The number of nitrogens with zero attached hydrogens (tertiary/aromatic N) is 2. The Balaban J connectivity index is 1.53. The van der Waals surface area contributed by atoms with Crippen molar-refractivity contribution in [3.8, 4) is 28.7 Å². The lowest BCUT2D eigenvalue weighted by Gasteiger charge is -2.20. The number of methoxy groups -OCH3 is 2. The molecule has 2 aromatic carbocycles. The van der Waals surface area contributed by atoms with Gasteiger partial charge in [-0.25, -0.2) is 0 Å². The molecule has 0 aliphatic carbocycles. The maximum absolute atomic E-state index is 6.21. The highest BCUT2D eigenvalue weighted by Gasteiger charge is 2.19. The summed E-state index contributed by atoms with van der Waals surface area (Å²) >= 11 is 7.62. The minimum atomic E-state index is 0.230. The maximum atomic E-state index is 6.21. The summed E-state index contributed by atoms with van der Waals surface area (Å²) in [7, 11) is 3.18. The molecule has 7 nitrogen and oxygen atoms in total. The monoisotopic (exact) mass is 420 g/mol. The number of benzene rings is 2. The Labute approximate surface area is 170 Å². The van der Waals surface area contributed by atoms with E-state index >= 15 is 0 Å². The van der Waals surface area contributed by atoms with Gasteiger partial charge >= 0.3 is 0 Å². The highest BCUT2D eigenvalue weighted by atomic mass is 35.5. The zero-order chi connectivity index (χ0) is 19.5. The first-order valence-electron chi connectivity index (χ1n) is 8.38. The van der Waals surface area contributed by atoms with Crippen LogP contribution in [0.4, 0.5) is 0 Å². The van der Waals surface area contributed by atoms with E-state index in [4.69, 9.17) is 35.0 Å². The SMILES string of the molecule is COc1ccc(-c2nnc(SCc3cc(Cl)cc4c3OCOC4)o2)c(OC)c1. The zero-order valence-corrected chi connectivity index (χ0v) is 16.8. The molecule has 3 aromatic rings. The van der Waals surface area contributed by atoms with Crippen LogP contribution in [0.3, 0.4) is 0 Å². The second-order valence-electron chi connectivity index (χ2n) is 5.89. The van der Waals surface area contributed by atoms with Gasteiger partial charge in [-0.1, -0.05) is 23.4 Å². The third-order valence-corrected chi connectivity index (χ3v) is 5.23. The first-order valence-corrected chi connectivity index (χ1v) is 9.75. The molecule has 0 radical (unpaired) electrons. The molecule has 9 heteroatoms. The molecule has 0 saturated carbocycles. The van der Waals surface area contributed by atoms with E-state index in [0.717, 1.165) is 16.9 Å². The van der Waals surface area contributed by atoms with Gasteiger partial charge in [-0.05, 0) is 24.3 Å². The quantitative estimate of drug-likeness (QED) is 0.537. The van der Waals surface area contributed by atoms with E-state index in [1.165, 1.54) is 11.8 Å². The van der Waals surface area contributed by atoms with Gasteiger partial charge in [0.25, 0.3) is 11.1 Å². The Morgan fingerprint density at radius 2 is 2.04 bits per heavy atom. The van der Waals surface area contributed by atoms with Crippen LogP contribution in [0, 0.1) is 0 Å². The second kappa shape index (κ2) is 8.30. The molecule has 0 N–H and O–H groups in total. The molecular formula is C19H17ClN2O5S. The molecular weight excluding hydrogens is 404 g/mol. The molecule has 4 rings (SSSR count). The summed E-state index contributed by atoms with van der Waals surface area (Å²) in [6, 6.07) is 9.13. The van der Waals surface area contributed by atoms with Gasteiger partial charge in [-0.3, -0.25) is 0 Å². The molecule has 0 saturated heterocycles. The summed E-state index contributed by atoms with van der Waals surface area (Å²) in [4.78, 5) is 0. The number of halogens is 1. The summed E-state index contributed by atoms with van der Waals surface area (Å²) < 4.78 is 27.4. The van der Waals surface area contributed by atoms with Crippen molar-refractivity contribution in [2.45, 2.75) is 17.6 Å². The van der Waals surface area contributed by atoms with Crippen molar-refractivity contribution in [2.24, 2.45) is 0 Å². The van der Waals surface area contributed by atoms with Gasteiger partial charge in [-0.15, -0.1) is 10.2 Å². The van der Waals surface area contributed by atoms with E-state index in [1.54, 1.807) is 20.3 Å². The van der Waals surface area contributed by atoms with Crippen molar-refractivity contribution in [1.82, 2.24) is 10.2 Å². The third-order valence-electron chi connectivity index (χ3n) is 4.15. The molecule has 0 fully saturated rings. The van der Waals surface area contributed by atoms with E-state index in [1.807, 2.05) is 24.3 Å². The van der Waals surface area contributed by atoms with E-state index in [2.05, 4.69) is 10.2 Å². The van der Waals surface area contributed by atoms with Crippen LogP contribution in [0.1, 0.15) is 11.1 Å². The fraction of sp³-hybridized carbons (Fsp3) is 0.263. The molecule has 0 spiro atoms. The van der Waals surface area contributed by atoms with Crippen LogP contribution in [-0.4, -0.2) is 31.2 Å². The van der Waals surface area contributed by atoms with Gasteiger partial charge < -0.3 is 23.4 Å². The summed E-state index contributed by atoms with van der Waals surface area (Å²) in [6.45, 7) is 0.712. The van der Waals surface area contributed by atoms with Crippen LogP contribution in [-0.2, 0) is 17.1 Å². The first kappa shape index (κ1) is 18.9. The van der Waals surface area contributed by atoms with Gasteiger partial charge in [-0.2, -0.15) is 0 Å². The molecule has 1 aliphatic rings. The van der Waals surface area contributed by atoms with E-state index in [9.17, 15) is 0 Å². The van der Waals surface area contributed by atoms with Gasteiger partial charge in [0.2, 0.25) is 0 Å². The lowest BCUT2D eigenvalue weighted by atomic mass is 10.1. The van der Waals surface area contributed by atoms with E-state index < -0.39 is 0 Å². The highest BCUT2D eigenvalue weighted by molar-refractivity contribution is 7.98. The summed E-state index contributed by atoms with van der Waals surface area (Å²) in [5.74, 6) is 3.03. The largest absolute Gasteiger partial charge is 0.497 e. The van der Waals surface area contributed by atoms with Crippen molar-refractivity contribution >= 4 is 23.4 Å². The standard InChI is InChI=1S/C19H17ClN2O5S/c1-23-14-3-4-15(16(7-14)24-2)18-21-22-19(27-18)28-9-12-6-13(20)5-11-8-25-10-26-17(11)12/h3-7H,8-10H2,1-2H3. The molecule has 0 unspecified atom stereocenters. The Morgan fingerprint density at radius 3 is 2.86 bits per heavy atom.